The van der Waals surface area contributed by atoms with Crippen LogP contribution in [0.25, 0.3) is 0 Å². The summed E-state index contributed by atoms with van der Waals surface area (Å²) in [6.07, 6.45) is 1.51. The van der Waals surface area contributed by atoms with Crippen molar-refractivity contribution >= 4 is 12.0 Å². The molecule has 3 N–H and O–H groups in total. The van der Waals surface area contributed by atoms with Crippen molar-refractivity contribution in [3.8, 4) is 0 Å². The number of hydrogen-bond acceptors (Lipinski definition) is 4. The molecule has 1 aromatic carbocycles. The molecule has 0 radical (unpaired) electrons. The molecule has 1 fully saturated rings. The van der Waals surface area contributed by atoms with Gasteiger partial charge in [-0.1, -0.05) is 30.3 Å². The molecular formula is C16H23N3O3. The van der Waals surface area contributed by atoms with Crippen molar-refractivity contribution in [2.75, 3.05) is 26.2 Å². The zero-order chi connectivity index (χ0) is 15.8. The number of nitrogens with zero attached hydrogens (tertiary/aromatic N) is 1. The molecule has 0 aliphatic carbocycles. The monoisotopic (exact) mass is 305 g/mol. The number of hydrogen-bond donors (Lipinski definition) is 2. The number of alkyl carbamates (subject to hydrolysis) is 1. The lowest BCUT2D eigenvalue weighted by atomic mass is 9.98. The van der Waals surface area contributed by atoms with E-state index in [0.717, 1.165) is 24.9 Å². The molecule has 6 heteroatoms. The lowest BCUT2D eigenvalue weighted by Gasteiger charge is -2.32. The topological polar surface area (TPSA) is 84.7 Å². The summed E-state index contributed by atoms with van der Waals surface area (Å²) in [5.74, 6) is 0.227. The average molecular weight is 305 g/mol. The Labute approximate surface area is 130 Å². The highest BCUT2D eigenvalue weighted by Gasteiger charge is 2.23. The van der Waals surface area contributed by atoms with E-state index in [9.17, 15) is 9.59 Å². The first kappa shape index (κ1) is 16.3. The molecule has 2 rings (SSSR count). The lowest BCUT2D eigenvalue weighted by molar-refractivity contribution is -0.131. The van der Waals surface area contributed by atoms with Crippen molar-refractivity contribution in [2.24, 2.45) is 11.7 Å². The molecule has 1 aliphatic rings. The SMILES string of the molecule is NCC(=O)N1CCC[C@H](CNC(=O)OCc2ccccc2)C1. The molecule has 0 spiro atoms. The highest BCUT2D eigenvalue weighted by molar-refractivity contribution is 5.78. The fraction of sp³-hybridized carbons (Fsp3) is 0.500. The van der Waals surface area contributed by atoms with Gasteiger partial charge < -0.3 is 20.7 Å². The summed E-state index contributed by atoms with van der Waals surface area (Å²) in [6, 6.07) is 9.54. The number of rotatable bonds is 5. The number of likely N-dealkylation sites (tertiary alicyclic amines) is 1. The molecule has 2 amide bonds. The molecule has 0 unspecified atom stereocenters. The Morgan fingerprint density at radius 2 is 2.09 bits per heavy atom. The summed E-state index contributed by atoms with van der Waals surface area (Å²) < 4.78 is 5.16. The van der Waals surface area contributed by atoms with Gasteiger partial charge in [0.1, 0.15) is 6.61 Å². The van der Waals surface area contributed by atoms with E-state index in [1.807, 2.05) is 30.3 Å². The van der Waals surface area contributed by atoms with E-state index in [1.54, 1.807) is 4.90 Å². The van der Waals surface area contributed by atoms with Crippen LogP contribution >= 0.6 is 0 Å². The van der Waals surface area contributed by atoms with Crippen LogP contribution in [-0.4, -0.2) is 43.1 Å². The van der Waals surface area contributed by atoms with Crippen molar-refractivity contribution in [1.82, 2.24) is 10.2 Å². The van der Waals surface area contributed by atoms with Crippen molar-refractivity contribution in [2.45, 2.75) is 19.4 Å². The summed E-state index contributed by atoms with van der Waals surface area (Å²) in [6.45, 7) is 2.22. The number of carbonyl (C=O) groups is 2. The molecule has 1 atom stereocenters. The maximum Gasteiger partial charge on any atom is 0.407 e. The molecule has 0 aromatic heterocycles. The summed E-state index contributed by atoms with van der Waals surface area (Å²) in [7, 11) is 0. The van der Waals surface area contributed by atoms with E-state index in [0.29, 0.717) is 13.1 Å². The van der Waals surface area contributed by atoms with E-state index in [-0.39, 0.29) is 25.0 Å². The Hall–Kier alpha value is -2.08. The van der Waals surface area contributed by atoms with Crippen LogP contribution in [0.3, 0.4) is 0 Å². The second-order valence-corrected chi connectivity index (χ2v) is 5.49. The number of ether oxygens (including phenoxy) is 1. The number of carbonyl (C=O) groups excluding carboxylic acids is 2. The van der Waals surface area contributed by atoms with Crippen molar-refractivity contribution in [3.05, 3.63) is 35.9 Å². The Morgan fingerprint density at radius 3 is 2.82 bits per heavy atom. The van der Waals surface area contributed by atoms with Crippen LogP contribution in [0.5, 0.6) is 0 Å². The molecular weight excluding hydrogens is 282 g/mol. The van der Waals surface area contributed by atoms with Gasteiger partial charge in [0.2, 0.25) is 5.91 Å². The van der Waals surface area contributed by atoms with E-state index in [4.69, 9.17) is 10.5 Å². The van der Waals surface area contributed by atoms with Crippen LogP contribution in [0.15, 0.2) is 30.3 Å². The summed E-state index contributed by atoms with van der Waals surface area (Å²) in [4.78, 5) is 25.1. The fourth-order valence-corrected chi connectivity index (χ4v) is 2.59. The zero-order valence-electron chi connectivity index (χ0n) is 12.7. The number of benzene rings is 1. The Balaban J connectivity index is 1.68. The van der Waals surface area contributed by atoms with Crippen LogP contribution in [0, 0.1) is 5.92 Å². The van der Waals surface area contributed by atoms with Crippen molar-refractivity contribution in [1.29, 1.82) is 0 Å². The molecule has 0 bridgehead atoms. The summed E-state index contributed by atoms with van der Waals surface area (Å²) in [5.41, 5.74) is 6.34. The van der Waals surface area contributed by atoms with Gasteiger partial charge in [0, 0.05) is 19.6 Å². The van der Waals surface area contributed by atoms with Crippen LogP contribution in [0.1, 0.15) is 18.4 Å². The smallest absolute Gasteiger partial charge is 0.407 e. The van der Waals surface area contributed by atoms with Gasteiger partial charge >= 0.3 is 6.09 Å². The second-order valence-electron chi connectivity index (χ2n) is 5.49. The molecule has 1 aromatic rings. The Morgan fingerprint density at radius 1 is 1.32 bits per heavy atom. The Bertz CT molecular complexity index is 493. The van der Waals surface area contributed by atoms with E-state index < -0.39 is 6.09 Å². The van der Waals surface area contributed by atoms with Gasteiger partial charge in [-0.15, -0.1) is 0 Å². The molecule has 1 aliphatic heterocycles. The van der Waals surface area contributed by atoms with Gasteiger partial charge in [-0.05, 0) is 24.3 Å². The Kier molecular flexibility index (Phi) is 6.21. The quantitative estimate of drug-likeness (QED) is 0.853. The second kappa shape index (κ2) is 8.38. The van der Waals surface area contributed by atoms with Crippen LogP contribution in [0.4, 0.5) is 4.79 Å². The zero-order valence-corrected chi connectivity index (χ0v) is 12.7. The molecule has 1 saturated heterocycles. The lowest BCUT2D eigenvalue weighted by Crippen LogP contribution is -2.45. The van der Waals surface area contributed by atoms with Gasteiger partial charge in [-0.3, -0.25) is 4.79 Å². The fourth-order valence-electron chi connectivity index (χ4n) is 2.59. The van der Waals surface area contributed by atoms with Crippen LogP contribution in [0.2, 0.25) is 0 Å². The third kappa shape index (κ3) is 5.04. The maximum atomic E-state index is 11.7. The van der Waals surface area contributed by atoms with Crippen molar-refractivity contribution < 1.29 is 14.3 Å². The van der Waals surface area contributed by atoms with Crippen LogP contribution in [-0.2, 0) is 16.1 Å². The third-order valence-electron chi connectivity index (χ3n) is 3.79. The molecule has 1 heterocycles. The molecule has 22 heavy (non-hydrogen) atoms. The summed E-state index contributed by atoms with van der Waals surface area (Å²) >= 11 is 0. The normalized spacial score (nSPS) is 17.9. The van der Waals surface area contributed by atoms with Gasteiger partial charge in [-0.25, -0.2) is 4.79 Å². The third-order valence-corrected chi connectivity index (χ3v) is 3.79. The number of amides is 2. The number of nitrogens with one attached hydrogen (secondary N) is 1. The summed E-state index contributed by atoms with van der Waals surface area (Å²) in [5, 5.41) is 2.77. The molecule has 0 saturated carbocycles. The molecule has 120 valence electrons. The first-order valence-corrected chi connectivity index (χ1v) is 7.61. The minimum atomic E-state index is -0.425. The number of nitrogens with two attached hydrogens (primary N) is 1. The largest absolute Gasteiger partial charge is 0.445 e. The predicted octanol–water partition coefficient (Wildman–Crippen LogP) is 1.11. The highest BCUT2D eigenvalue weighted by atomic mass is 16.5. The average Bonchev–Trinajstić information content (AvgIpc) is 2.58. The van der Waals surface area contributed by atoms with Gasteiger partial charge in [-0.2, -0.15) is 0 Å². The predicted molar refractivity (Wildman–Crippen MR) is 83.0 cm³/mol. The number of piperidine rings is 1. The van der Waals surface area contributed by atoms with E-state index in [1.165, 1.54) is 0 Å². The van der Waals surface area contributed by atoms with E-state index in [2.05, 4.69) is 5.32 Å². The standard InChI is InChI=1S/C16H23N3O3/c17-9-15(20)19-8-4-7-14(11-19)10-18-16(21)22-12-13-5-2-1-3-6-13/h1-3,5-6,14H,4,7-12,17H2,(H,18,21)/t14-/m1/s1. The minimum Gasteiger partial charge on any atom is -0.445 e. The molecule has 6 nitrogen and oxygen atoms in total. The van der Waals surface area contributed by atoms with E-state index >= 15 is 0 Å². The maximum absolute atomic E-state index is 11.7. The van der Waals surface area contributed by atoms with Gasteiger partial charge in [0.15, 0.2) is 0 Å². The first-order valence-electron chi connectivity index (χ1n) is 7.61. The minimum absolute atomic E-state index is 0.0312. The van der Waals surface area contributed by atoms with Crippen molar-refractivity contribution in [3.63, 3.8) is 0 Å². The highest BCUT2D eigenvalue weighted by Crippen LogP contribution is 2.15. The van der Waals surface area contributed by atoms with Crippen LogP contribution < -0.4 is 11.1 Å². The van der Waals surface area contributed by atoms with Gasteiger partial charge in [0.25, 0.3) is 0 Å². The first-order chi connectivity index (χ1) is 10.7. The van der Waals surface area contributed by atoms with Gasteiger partial charge in [0.05, 0.1) is 6.54 Å².